The van der Waals surface area contributed by atoms with Gasteiger partial charge in [-0.1, -0.05) is 29.8 Å². The molecular weight excluding hydrogens is 403 g/mol. The van der Waals surface area contributed by atoms with Crippen LogP contribution in [0.4, 0.5) is 10.1 Å². The van der Waals surface area contributed by atoms with Crippen LogP contribution >= 0.6 is 0 Å². The van der Waals surface area contributed by atoms with Crippen LogP contribution in [0.5, 0.6) is 0 Å². The number of amides is 1. The van der Waals surface area contributed by atoms with Gasteiger partial charge in [-0.25, -0.2) is 4.39 Å². The van der Waals surface area contributed by atoms with Crippen LogP contribution in [0.3, 0.4) is 0 Å². The third-order valence-electron chi connectivity index (χ3n) is 6.19. The lowest BCUT2D eigenvalue weighted by Crippen LogP contribution is -2.43. The third kappa shape index (κ3) is 4.44. The Morgan fingerprint density at radius 1 is 1.25 bits per heavy atom. The first-order valence-electron chi connectivity index (χ1n) is 11.0. The van der Waals surface area contributed by atoms with Crippen molar-refractivity contribution < 1.29 is 9.18 Å². The molecule has 2 heterocycles. The fourth-order valence-corrected chi connectivity index (χ4v) is 4.32. The van der Waals surface area contributed by atoms with Gasteiger partial charge in [0, 0.05) is 42.2 Å². The molecule has 1 amide bonds. The van der Waals surface area contributed by atoms with Crippen LogP contribution < -0.4 is 10.6 Å². The lowest BCUT2D eigenvalue weighted by atomic mass is 9.96. The number of nitrogens with zero attached hydrogens (tertiary/aromatic N) is 3. The summed E-state index contributed by atoms with van der Waals surface area (Å²) in [5.74, 6) is -0.255. The van der Waals surface area contributed by atoms with E-state index in [0.29, 0.717) is 36.7 Å². The Bertz CT molecular complexity index is 1110. The topological polar surface area (TPSA) is 73.4 Å². The maximum Gasteiger partial charge on any atom is 0.253 e. The number of likely N-dealkylation sites (tertiary alicyclic amines) is 1. The summed E-state index contributed by atoms with van der Waals surface area (Å²) in [6.07, 6.45) is 5.76. The Morgan fingerprint density at radius 3 is 2.72 bits per heavy atom. The number of aryl methyl sites for hydroxylation is 1. The highest BCUT2D eigenvalue weighted by molar-refractivity contribution is 6.00. The molecule has 0 aromatic heterocycles. The summed E-state index contributed by atoms with van der Waals surface area (Å²) < 4.78 is 14.4. The average molecular weight is 431 g/mol. The first-order chi connectivity index (χ1) is 15.5. The van der Waals surface area contributed by atoms with E-state index in [1.54, 1.807) is 6.07 Å². The molecule has 1 fully saturated rings. The SMILES string of the molecule is Cc1ccc(N2CC=C(C(=O)N3CCCC(CN)C3)C=C2c2ccc(C#N)c(F)c2)cc1. The number of carbonyl (C=O) groups is 1. The number of carbonyl (C=O) groups excluding carboxylic acids is 1. The molecule has 1 atom stereocenters. The van der Waals surface area contributed by atoms with Gasteiger partial charge >= 0.3 is 0 Å². The molecule has 164 valence electrons. The minimum Gasteiger partial charge on any atom is -0.338 e. The van der Waals surface area contributed by atoms with Gasteiger partial charge in [0.05, 0.1) is 5.56 Å². The maximum absolute atomic E-state index is 14.4. The van der Waals surface area contributed by atoms with E-state index >= 15 is 0 Å². The first kappa shape index (κ1) is 21.8. The van der Waals surface area contributed by atoms with Crippen molar-refractivity contribution in [3.8, 4) is 6.07 Å². The van der Waals surface area contributed by atoms with Gasteiger partial charge in [0.25, 0.3) is 5.91 Å². The van der Waals surface area contributed by atoms with Gasteiger partial charge < -0.3 is 15.5 Å². The summed E-state index contributed by atoms with van der Waals surface area (Å²) in [6, 6.07) is 14.5. The molecule has 1 saturated heterocycles. The summed E-state index contributed by atoms with van der Waals surface area (Å²) in [5, 5.41) is 9.09. The number of hydrogen-bond donors (Lipinski definition) is 1. The van der Waals surface area contributed by atoms with E-state index in [1.807, 2.05) is 54.3 Å². The standard InChI is InChI=1S/C26H27FN4O/c1-18-4-8-23(9-5-18)31-12-10-21(26(32)30-11-2-3-19(15-28)17-30)14-25(31)20-6-7-22(16-29)24(27)13-20/h4-10,13-14,19H,2-3,11-12,15,17,28H2,1H3. The van der Waals surface area contributed by atoms with Crippen LogP contribution in [0.2, 0.25) is 0 Å². The van der Waals surface area contributed by atoms with Gasteiger partial charge in [0.15, 0.2) is 0 Å². The molecule has 0 bridgehead atoms. The molecule has 2 aromatic rings. The van der Waals surface area contributed by atoms with Gasteiger partial charge in [0.2, 0.25) is 0 Å². The zero-order valence-corrected chi connectivity index (χ0v) is 18.2. The highest BCUT2D eigenvalue weighted by atomic mass is 19.1. The molecule has 0 saturated carbocycles. The summed E-state index contributed by atoms with van der Waals surface area (Å²) in [7, 11) is 0. The lowest BCUT2D eigenvalue weighted by Gasteiger charge is -2.34. The highest BCUT2D eigenvalue weighted by Crippen LogP contribution is 2.32. The van der Waals surface area contributed by atoms with Crippen molar-refractivity contribution in [3.05, 3.63) is 82.7 Å². The predicted octanol–water partition coefficient (Wildman–Crippen LogP) is 3.99. The summed E-state index contributed by atoms with van der Waals surface area (Å²) in [4.78, 5) is 17.2. The van der Waals surface area contributed by atoms with Crippen molar-refractivity contribution in [2.24, 2.45) is 11.7 Å². The van der Waals surface area contributed by atoms with Crippen LogP contribution in [0.25, 0.3) is 5.70 Å². The molecule has 2 N–H and O–H groups in total. The van der Waals surface area contributed by atoms with Crippen LogP contribution in [0.1, 0.15) is 29.5 Å². The van der Waals surface area contributed by atoms with Crippen molar-refractivity contribution in [1.29, 1.82) is 5.26 Å². The fourth-order valence-electron chi connectivity index (χ4n) is 4.32. The molecule has 2 aliphatic heterocycles. The van der Waals surface area contributed by atoms with Gasteiger partial charge in [0.1, 0.15) is 11.9 Å². The van der Waals surface area contributed by atoms with Crippen molar-refractivity contribution in [1.82, 2.24) is 4.90 Å². The molecule has 32 heavy (non-hydrogen) atoms. The molecular formula is C26H27FN4O. The number of rotatable bonds is 4. The van der Waals surface area contributed by atoms with Crippen LogP contribution in [-0.4, -0.2) is 37.0 Å². The molecule has 1 unspecified atom stereocenters. The molecule has 0 radical (unpaired) electrons. The van der Waals surface area contributed by atoms with E-state index in [9.17, 15) is 9.18 Å². The van der Waals surface area contributed by atoms with E-state index in [2.05, 4.69) is 4.90 Å². The second-order valence-electron chi connectivity index (χ2n) is 8.44. The molecule has 0 spiro atoms. The van der Waals surface area contributed by atoms with Crippen LogP contribution in [-0.2, 0) is 4.79 Å². The summed E-state index contributed by atoms with van der Waals surface area (Å²) >= 11 is 0. The maximum atomic E-state index is 14.4. The van der Waals surface area contributed by atoms with Gasteiger partial charge in [-0.2, -0.15) is 5.26 Å². The minimum atomic E-state index is -0.570. The van der Waals surface area contributed by atoms with Gasteiger partial charge in [-0.3, -0.25) is 4.79 Å². The summed E-state index contributed by atoms with van der Waals surface area (Å²) in [6.45, 7) is 4.49. The number of anilines is 1. The number of piperidine rings is 1. The van der Waals surface area contributed by atoms with E-state index in [0.717, 1.165) is 36.3 Å². The number of nitriles is 1. The second kappa shape index (κ2) is 9.37. The fraction of sp³-hybridized carbons (Fsp3) is 0.308. The molecule has 2 aliphatic rings. The average Bonchev–Trinajstić information content (AvgIpc) is 2.83. The summed E-state index contributed by atoms with van der Waals surface area (Å²) in [5.41, 5.74) is 9.90. The molecule has 4 rings (SSSR count). The Labute approximate surface area is 188 Å². The Balaban J connectivity index is 1.70. The first-order valence-corrected chi connectivity index (χ1v) is 11.0. The normalized spacial score (nSPS) is 18.6. The Kier molecular flexibility index (Phi) is 6.38. The van der Waals surface area contributed by atoms with E-state index in [4.69, 9.17) is 11.0 Å². The molecule has 5 nitrogen and oxygen atoms in total. The lowest BCUT2D eigenvalue weighted by molar-refractivity contribution is -0.128. The van der Waals surface area contributed by atoms with Crippen molar-refractivity contribution in [3.63, 3.8) is 0 Å². The number of hydrogen-bond acceptors (Lipinski definition) is 4. The largest absolute Gasteiger partial charge is 0.338 e. The van der Waals surface area contributed by atoms with E-state index < -0.39 is 5.82 Å². The van der Waals surface area contributed by atoms with Gasteiger partial charge in [-0.15, -0.1) is 0 Å². The van der Waals surface area contributed by atoms with E-state index in [1.165, 1.54) is 12.1 Å². The number of halogens is 1. The minimum absolute atomic E-state index is 0.0000281. The van der Waals surface area contributed by atoms with Crippen molar-refractivity contribution in [2.45, 2.75) is 19.8 Å². The third-order valence-corrected chi connectivity index (χ3v) is 6.19. The highest BCUT2D eigenvalue weighted by Gasteiger charge is 2.27. The van der Waals surface area contributed by atoms with Crippen molar-refractivity contribution >= 4 is 17.3 Å². The van der Waals surface area contributed by atoms with Crippen LogP contribution in [0.15, 0.2) is 60.2 Å². The van der Waals surface area contributed by atoms with E-state index in [-0.39, 0.29) is 11.5 Å². The molecule has 2 aromatic carbocycles. The molecule has 6 heteroatoms. The Hall–Kier alpha value is -3.43. The molecule has 0 aliphatic carbocycles. The van der Waals surface area contributed by atoms with Crippen LogP contribution in [0, 0.1) is 30.0 Å². The monoisotopic (exact) mass is 430 g/mol. The van der Waals surface area contributed by atoms with Gasteiger partial charge in [-0.05, 0) is 62.6 Å². The number of benzene rings is 2. The zero-order valence-electron chi connectivity index (χ0n) is 18.2. The zero-order chi connectivity index (χ0) is 22.7. The smallest absolute Gasteiger partial charge is 0.253 e. The van der Waals surface area contributed by atoms with Crippen molar-refractivity contribution in [2.75, 3.05) is 31.1 Å². The Morgan fingerprint density at radius 2 is 2.03 bits per heavy atom. The second-order valence-corrected chi connectivity index (χ2v) is 8.44. The quantitative estimate of drug-likeness (QED) is 0.796. The number of nitrogens with two attached hydrogens (primary N) is 1. The predicted molar refractivity (Wildman–Crippen MR) is 124 cm³/mol.